The van der Waals surface area contributed by atoms with Gasteiger partial charge in [-0.05, 0) is 48.9 Å². The number of phenols is 2. The summed E-state index contributed by atoms with van der Waals surface area (Å²) in [4.78, 5) is 14.8. The highest BCUT2D eigenvalue weighted by molar-refractivity contribution is 6.09. The van der Waals surface area contributed by atoms with Crippen molar-refractivity contribution in [2.45, 2.75) is 19.4 Å². The lowest BCUT2D eigenvalue weighted by atomic mass is 10.0. The predicted octanol–water partition coefficient (Wildman–Crippen LogP) is 4.14. The van der Waals surface area contributed by atoms with E-state index >= 15 is 0 Å². The van der Waals surface area contributed by atoms with Crippen LogP contribution in [-0.2, 0) is 0 Å². The van der Waals surface area contributed by atoms with Crippen LogP contribution in [0.2, 0.25) is 0 Å². The lowest BCUT2D eigenvalue weighted by Gasteiger charge is -2.38. The fourth-order valence-corrected chi connectivity index (χ4v) is 3.55. The van der Waals surface area contributed by atoms with Crippen LogP contribution in [0, 0.1) is 5.82 Å². The quantitative estimate of drug-likeness (QED) is 0.728. The molecule has 26 heavy (non-hydrogen) atoms. The molecule has 132 valence electrons. The van der Waals surface area contributed by atoms with Crippen LogP contribution in [0.1, 0.15) is 35.4 Å². The summed E-state index contributed by atoms with van der Waals surface area (Å²) in [6.07, 6.45) is 2.50. The zero-order valence-corrected chi connectivity index (χ0v) is 14.1. The molecule has 0 spiro atoms. The van der Waals surface area contributed by atoms with Gasteiger partial charge in [0.2, 0.25) is 0 Å². The summed E-state index contributed by atoms with van der Waals surface area (Å²) in [6.45, 7) is 1.95. The molecule has 1 aromatic heterocycles. The number of carbonyl (C=O) groups is 1. The van der Waals surface area contributed by atoms with Gasteiger partial charge in [-0.3, -0.25) is 9.69 Å². The van der Waals surface area contributed by atoms with Gasteiger partial charge in [0.05, 0.1) is 23.0 Å². The predicted molar refractivity (Wildman–Crippen MR) is 95.3 cm³/mol. The normalized spacial score (nSPS) is 15.5. The maximum Gasteiger partial charge on any atom is 0.262 e. The number of hydrogen-bond donors (Lipinski definition) is 2. The van der Waals surface area contributed by atoms with Crippen molar-refractivity contribution in [2.24, 2.45) is 0 Å². The van der Waals surface area contributed by atoms with E-state index in [1.165, 1.54) is 29.2 Å². The zero-order valence-electron chi connectivity index (χ0n) is 14.1. The van der Waals surface area contributed by atoms with Gasteiger partial charge in [-0.15, -0.1) is 0 Å². The number of benzene rings is 2. The Kier molecular flexibility index (Phi) is 3.68. The minimum atomic E-state index is -0.450. The lowest BCUT2D eigenvalue weighted by Crippen LogP contribution is -2.39. The van der Waals surface area contributed by atoms with Crippen molar-refractivity contribution in [3.05, 3.63) is 71.8 Å². The summed E-state index contributed by atoms with van der Waals surface area (Å²) in [5.41, 5.74) is 2.11. The first-order chi connectivity index (χ1) is 12.5. The van der Waals surface area contributed by atoms with E-state index in [-0.39, 0.29) is 23.1 Å². The van der Waals surface area contributed by atoms with Crippen molar-refractivity contribution in [3.63, 3.8) is 0 Å². The van der Waals surface area contributed by atoms with Crippen molar-refractivity contribution in [3.8, 4) is 17.2 Å². The Bertz CT molecular complexity index is 1010. The summed E-state index contributed by atoms with van der Waals surface area (Å²) in [5, 5.41) is 19.6. The third-order valence-electron chi connectivity index (χ3n) is 4.71. The second-order valence-corrected chi connectivity index (χ2v) is 6.24. The van der Waals surface area contributed by atoms with E-state index in [1.807, 2.05) is 29.8 Å². The summed E-state index contributed by atoms with van der Waals surface area (Å²) in [6, 6.07) is 11.7. The van der Waals surface area contributed by atoms with E-state index in [9.17, 15) is 19.4 Å². The first-order valence-electron chi connectivity index (χ1n) is 8.34. The molecule has 4 rings (SSSR count). The van der Waals surface area contributed by atoms with Gasteiger partial charge in [-0.2, -0.15) is 0 Å². The molecule has 2 N–H and O–H groups in total. The molecule has 0 saturated heterocycles. The number of hydrogen-bond acceptors (Lipinski definition) is 3. The topological polar surface area (TPSA) is 65.7 Å². The van der Waals surface area contributed by atoms with Crippen molar-refractivity contribution < 1.29 is 19.4 Å². The minimum Gasteiger partial charge on any atom is -0.508 e. The van der Waals surface area contributed by atoms with Gasteiger partial charge in [0.1, 0.15) is 17.3 Å². The first-order valence-corrected chi connectivity index (χ1v) is 8.34. The van der Waals surface area contributed by atoms with Crippen LogP contribution in [-0.4, -0.2) is 20.7 Å². The molecule has 0 fully saturated rings. The highest BCUT2D eigenvalue weighted by atomic mass is 19.1. The number of nitrogens with zero attached hydrogens (tertiary/aromatic N) is 2. The second-order valence-electron chi connectivity index (χ2n) is 6.24. The van der Waals surface area contributed by atoms with E-state index in [0.717, 1.165) is 11.8 Å². The molecule has 2 aromatic carbocycles. The van der Waals surface area contributed by atoms with Crippen LogP contribution in [0.15, 0.2) is 54.7 Å². The molecule has 1 aliphatic rings. The molecule has 6 heteroatoms. The van der Waals surface area contributed by atoms with Crippen molar-refractivity contribution in [1.82, 2.24) is 4.57 Å². The fraction of sp³-hybridized carbons (Fsp3) is 0.150. The number of anilines is 1. The van der Waals surface area contributed by atoms with Crippen molar-refractivity contribution >= 4 is 11.6 Å². The van der Waals surface area contributed by atoms with Gasteiger partial charge in [0.25, 0.3) is 5.91 Å². The molecule has 2 heterocycles. The average molecular weight is 352 g/mol. The summed E-state index contributed by atoms with van der Waals surface area (Å²) < 4.78 is 15.9. The number of phenolic OH excluding ortho intramolecular Hbond substituents is 2. The minimum absolute atomic E-state index is 0.0523. The van der Waals surface area contributed by atoms with Crippen LogP contribution in [0.25, 0.3) is 5.69 Å². The molecule has 0 bridgehead atoms. The van der Waals surface area contributed by atoms with Gasteiger partial charge in [-0.1, -0.05) is 6.92 Å². The van der Waals surface area contributed by atoms with Crippen LogP contribution >= 0.6 is 0 Å². The number of carbonyl (C=O) groups excluding carboxylic acids is 1. The van der Waals surface area contributed by atoms with Gasteiger partial charge in [0.15, 0.2) is 0 Å². The Labute approximate surface area is 149 Å². The second kappa shape index (κ2) is 5.91. The van der Waals surface area contributed by atoms with E-state index in [2.05, 4.69) is 0 Å². The molecule has 1 atom stereocenters. The Hall–Kier alpha value is -3.28. The highest BCUT2D eigenvalue weighted by Crippen LogP contribution is 2.42. The molecule has 1 aliphatic heterocycles. The van der Waals surface area contributed by atoms with Gasteiger partial charge >= 0.3 is 0 Å². The van der Waals surface area contributed by atoms with E-state index in [1.54, 1.807) is 6.07 Å². The Morgan fingerprint density at radius 2 is 1.92 bits per heavy atom. The maximum atomic E-state index is 14.0. The molecule has 0 radical (unpaired) electrons. The largest absolute Gasteiger partial charge is 0.508 e. The van der Waals surface area contributed by atoms with Crippen molar-refractivity contribution in [2.75, 3.05) is 4.90 Å². The Balaban J connectivity index is 1.92. The summed E-state index contributed by atoms with van der Waals surface area (Å²) in [5.74, 6) is -1.34. The van der Waals surface area contributed by atoms with Gasteiger partial charge in [0, 0.05) is 18.0 Å². The van der Waals surface area contributed by atoms with Crippen LogP contribution in [0.3, 0.4) is 0 Å². The molecule has 1 amide bonds. The van der Waals surface area contributed by atoms with Crippen LogP contribution in [0.5, 0.6) is 11.5 Å². The Morgan fingerprint density at radius 1 is 1.12 bits per heavy atom. The third kappa shape index (κ3) is 2.34. The van der Waals surface area contributed by atoms with E-state index in [0.29, 0.717) is 17.8 Å². The van der Waals surface area contributed by atoms with Crippen LogP contribution in [0.4, 0.5) is 10.1 Å². The molecule has 3 aromatic rings. The monoisotopic (exact) mass is 352 g/mol. The standard InChI is InChI=1S/C20H17FN2O3/c1-2-15-16-4-3-9-22(16)17-8-5-12(21)10-18(17)23(15)20(26)14-7-6-13(24)11-19(14)25/h3-11,15,24-25H,2H2,1H3/t15-/m1/s1. The molecular weight excluding hydrogens is 335 g/mol. The Morgan fingerprint density at radius 3 is 2.65 bits per heavy atom. The number of aromatic hydroxyl groups is 2. The van der Waals surface area contributed by atoms with E-state index in [4.69, 9.17) is 0 Å². The number of rotatable bonds is 2. The molecular formula is C20H17FN2O3. The average Bonchev–Trinajstić information content (AvgIpc) is 3.09. The fourth-order valence-electron chi connectivity index (χ4n) is 3.55. The maximum absolute atomic E-state index is 14.0. The van der Waals surface area contributed by atoms with E-state index < -0.39 is 11.7 Å². The van der Waals surface area contributed by atoms with Gasteiger partial charge in [-0.25, -0.2) is 4.39 Å². The zero-order chi connectivity index (χ0) is 18.4. The SMILES string of the molecule is CC[C@@H]1c2cccn2-c2ccc(F)cc2N1C(=O)c1ccc(O)cc1O. The number of halogens is 1. The molecule has 0 saturated carbocycles. The van der Waals surface area contributed by atoms with Gasteiger partial charge < -0.3 is 14.8 Å². The number of fused-ring (bicyclic) bond motifs is 3. The van der Waals surface area contributed by atoms with Crippen molar-refractivity contribution in [1.29, 1.82) is 0 Å². The highest BCUT2D eigenvalue weighted by Gasteiger charge is 2.35. The molecule has 5 nitrogen and oxygen atoms in total. The third-order valence-corrected chi connectivity index (χ3v) is 4.71. The number of amides is 1. The molecule has 0 unspecified atom stereocenters. The lowest BCUT2D eigenvalue weighted by molar-refractivity contribution is 0.0970. The van der Waals surface area contributed by atoms with Crippen LogP contribution < -0.4 is 4.90 Å². The first kappa shape index (κ1) is 16.2. The molecule has 0 aliphatic carbocycles. The summed E-state index contributed by atoms with van der Waals surface area (Å²) >= 11 is 0. The smallest absolute Gasteiger partial charge is 0.262 e. The summed E-state index contributed by atoms with van der Waals surface area (Å²) in [7, 11) is 0. The number of aromatic nitrogens is 1.